The molecular formula is C17H16N4O2S. The van der Waals surface area contributed by atoms with Crippen molar-refractivity contribution in [1.29, 1.82) is 0 Å². The second-order valence-corrected chi connectivity index (χ2v) is 5.79. The first-order valence-corrected chi connectivity index (χ1v) is 8.23. The number of aromatic nitrogens is 2. The minimum Gasteiger partial charge on any atom is -0.487 e. The Hall–Kier alpha value is -2.93. The van der Waals surface area contributed by atoms with E-state index in [-0.39, 0.29) is 6.03 Å². The van der Waals surface area contributed by atoms with Gasteiger partial charge in [0.15, 0.2) is 5.13 Å². The van der Waals surface area contributed by atoms with Crippen LogP contribution in [0.3, 0.4) is 0 Å². The van der Waals surface area contributed by atoms with Gasteiger partial charge in [-0.05, 0) is 29.8 Å². The van der Waals surface area contributed by atoms with E-state index in [1.807, 2.05) is 42.5 Å². The van der Waals surface area contributed by atoms with Crippen LogP contribution in [0, 0.1) is 0 Å². The summed E-state index contributed by atoms with van der Waals surface area (Å²) >= 11 is 1.37. The number of nitrogens with zero attached hydrogens (tertiary/aromatic N) is 2. The number of thiazole rings is 1. The van der Waals surface area contributed by atoms with Crippen LogP contribution in [0.25, 0.3) is 0 Å². The molecule has 0 bridgehead atoms. The van der Waals surface area contributed by atoms with Gasteiger partial charge >= 0.3 is 6.03 Å². The highest BCUT2D eigenvalue weighted by Crippen LogP contribution is 2.14. The van der Waals surface area contributed by atoms with E-state index in [0.29, 0.717) is 18.3 Å². The fourth-order valence-electron chi connectivity index (χ4n) is 1.95. The number of rotatable bonds is 6. The van der Waals surface area contributed by atoms with Gasteiger partial charge in [-0.2, -0.15) is 0 Å². The molecule has 0 fully saturated rings. The van der Waals surface area contributed by atoms with E-state index in [4.69, 9.17) is 4.74 Å². The molecule has 3 rings (SSSR count). The standard InChI is InChI=1S/C17H16N4O2S/c22-16(21-17-19-9-10-24-17)20-11-13-4-6-15(7-5-13)23-12-14-3-1-2-8-18-14/h1-10H,11-12H2,(H2,19,20,21,22). The molecule has 2 heterocycles. The minimum atomic E-state index is -0.277. The Labute approximate surface area is 143 Å². The van der Waals surface area contributed by atoms with Gasteiger partial charge in [-0.15, -0.1) is 11.3 Å². The maximum atomic E-state index is 11.7. The smallest absolute Gasteiger partial charge is 0.321 e. The van der Waals surface area contributed by atoms with Crippen molar-refractivity contribution in [3.63, 3.8) is 0 Å². The second-order valence-electron chi connectivity index (χ2n) is 4.90. The first kappa shape index (κ1) is 15.9. The predicted octanol–water partition coefficient (Wildman–Crippen LogP) is 3.44. The number of amides is 2. The zero-order valence-electron chi connectivity index (χ0n) is 12.8. The molecule has 0 atom stereocenters. The molecule has 24 heavy (non-hydrogen) atoms. The van der Waals surface area contributed by atoms with Crippen molar-refractivity contribution in [1.82, 2.24) is 15.3 Å². The highest BCUT2D eigenvalue weighted by molar-refractivity contribution is 7.13. The Balaban J connectivity index is 1.45. The average Bonchev–Trinajstić information content (AvgIpc) is 3.13. The normalized spacial score (nSPS) is 10.2. The Morgan fingerprint density at radius 2 is 1.96 bits per heavy atom. The molecule has 2 aromatic heterocycles. The highest BCUT2D eigenvalue weighted by Gasteiger charge is 2.03. The van der Waals surface area contributed by atoms with Crippen molar-refractivity contribution in [2.45, 2.75) is 13.2 Å². The predicted molar refractivity (Wildman–Crippen MR) is 93.0 cm³/mol. The zero-order chi connectivity index (χ0) is 16.6. The van der Waals surface area contributed by atoms with E-state index < -0.39 is 0 Å². The van der Waals surface area contributed by atoms with E-state index in [2.05, 4.69) is 20.6 Å². The number of benzene rings is 1. The van der Waals surface area contributed by atoms with Gasteiger partial charge in [-0.1, -0.05) is 18.2 Å². The molecule has 3 aromatic rings. The van der Waals surface area contributed by atoms with Crippen LogP contribution >= 0.6 is 11.3 Å². The fraction of sp³-hybridized carbons (Fsp3) is 0.118. The molecule has 0 spiro atoms. The average molecular weight is 340 g/mol. The largest absolute Gasteiger partial charge is 0.487 e. The summed E-state index contributed by atoms with van der Waals surface area (Å²) in [6.45, 7) is 0.854. The lowest BCUT2D eigenvalue weighted by molar-refractivity contribution is 0.251. The third kappa shape index (κ3) is 4.79. The number of nitrogens with one attached hydrogen (secondary N) is 2. The number of ether oxygens (including phenoxy) is 1. The summed E-state index contributed by atoms with van der Waals surface area (Å²) in [6.07, 6.45) is 3.38. The third-order valence-electron chi connectivity index (χ3n) is 3.14. The topological polar surface area (TPSA) is 76.1 Å². The molecule has 0 aliphatic carbocycles. The lowest BCUT2D eigenvalue weighted by Gasteiger charge is -2.08. The van der Waals surface area contributed by atoms with Gasteiger partial charge in [0.25, 0.3) is 0 Å². The summed E-state index contributed by atoms with van der Waals surface area (Å²) in [5.41, 5.74) is 1.86. The van der Waals surface area contributed by atoms with Gasteiger partial charge in [-0.3, -0.25) is 10.3 Å². The van der Waals surface area contributed by atoms with Crippen LogP contribution in [0.5, 0.6) is 5.75 Å². The first-order valence-electron chi connectivity index (χ1n) is 7.35. The number of pyridine rings is 1. The Morgan fingerprint density at radius 1 is 1.08 bits per heavy atom. The van der Waals surface area contributed by atoms with Crippen molar-refractivity contribution < 1.29 is 9.53 Å². The highest BCUT2D eigenvalue weighted by atomic mass is 32.1. The summed E-state index contributed by atoms with van der Waals surface area (Å²) in [5.74, 6) is 0.761. The van der Waals surface area contributed by atoms with Gasteiger partial charge in [0, 0.05) is 24.3 Å². The summed E-state index contributed by atoms with van der Waals surface area (Å²) in [4.78, 5) is 19.9. The summed E-state index contributed by atoms with van der Waals surface area (Å²) < 4.78 is 5.67. The van der Waals surface area contributed by atoms with Gasteiger partial charge < -0.3 is 10.1 Å². The maximum absolute atomic E-state index is 11.7. The number of urea groups is 1. The second kappa shape index (κ2) is 8.07. The van der Waals surface area contributed by atoms with Crippen molar-refractivity contribution >= 4 is 22.5 Å². The van der Waals surface area contributed by atoms with E-state index in [0.717, 1.165) is 17.0 Å². The first-order chi connectivity index (χ1) is 11.8. The molecule has 2 amide bonds. The molecule has 122 valence electrons. The van der Waals surface area contributed by atoms with Crippen molar-refractivity contribution in [3.8, 4) is 5.75 Å². The number of carbonyl (C=O) groups excluding carboxylic acids is 1. The van der Waals surface area contributed by atoms with Gasteiger partial charge in [0.1, 0.15) is 12.4 Å². The monoisotopic (exact) mass is 340 g/mol. The van der Waals surface area contributed by atoms with Gasteiger partial charge in [0.2, 0.25) is 0 Å². The van der Waals surface area contributed by atoms with Gasteiger partial charge in [-0.25, -0.2) is 9.78 Å². The maximum Gasteiger partial charge on any atom is 0.321 e. The number of hydrogen-bond donors (Lipinski definition) is 2. The van der Waals surface area contributed by atoms with Crippen LogP contribution in [0.2, 0.25) is 0 Å². The summed E-state index contributed by atoms with van der Waals surface area (Å²) in [5, 5.41) is 7.83. The molecule has 0 aliphatic heterocycles. The molecule has 2 N–H and O–H groups in total. The SMILES string of the molecule is O=C(NCc1ccc(OCc2ccccn2)cc1)Nc1nccs1. The molecular weight excluding hydrogens is 324 g/mol. The Bertz CT molecular complexity index is 761. The Kier molecular flexibility index (Phi) is 5.36. The molecule has 7 heteroatoms. The number of anilines is 1. The molecule has 6 nitrogen and oxygen atoms in total. The van der Waals surface area contributed by atoms with Crippen LogP contribution in [-0.4, -0.2) is 16.0 Å². The van der Waals surface area contributed by atoms with E-state index >= 15 is 0 Å². The molecule has 0 radical (unpaired) electrons. The van der Waals surface area contributed by atoms with E-state index in [9.17, 15) is 4.79 Å². The van der Waals surface area contributed by atoms with E-state index in [1.165, 1.54) is 11.3 Å². The van der Waals surface area contributed by atoms with Crippen LogP contribution in [0.4, 0.5) is 9.93 Å². The van der Waals surface area contributed by atoms with Crippen molar-refractivity contribution in [2.75, 3.05) is 5.32 Å². The van der Waals surface area contributed by atoms with Crippen LogP contribution in [0.1, 0.15) is 11.3 Å². The molecule has 0 saturated heterocycles. The molecule has 0 aliphatic rings. The number of hydrogen-bond acceptors (Lipinski definition) is 5. The lowest BCUT2D eigenvalue weighted by atomic mass is 10.2. The summed E-state index contributed by atoms with van der Waals surface area (Å²) in [6, 6.07) is 13.0. The van der Waals surface area contributed by atoms with Crippen LogP contribution in [-0.2, 0) is 13.2 Å². The third-order valence-corrected chi connectivity index (χ3v) is 3.83. The quantitative estimate of drug-likeness (QED) is 0.721. The zero-order valence-corrected chi connectivity index (χ0v) is 13.6. The van der Waals surface area contributed by atoms with Crippen molar-refractivity contribution in [2.24, 2.45) is 0 Å². The fourth-order valence-corrected chi connectivity index (χ4v) is 2.48. The lowest BCUT2D eigenvalue weighted by Crippen LogP contribution is -2.28. The molecule has 0 saturated carbocycles. The van der Waals surface area contributed by atoms with Gasteiger partial charge in [0.05, 0.1) is 5.69 Å². The summed E-state index contributed by atoms with van der Waals surface area (Å²) in [7, 11) is 0. The minimum absolute atomic E-state index is 0.277. The van der Waals surface area contributed by atoms with Crippen LogP contribution < -0.4 is 15.4 Å². The Morgan fingerprint density at radius 3 is 2.67 bits per heavy atom. The molecule has 1 aromatic carbocycles. The molecule has 0 unspecified atom stereocenters. The van der Waals surface area contributed by atoms with E-state index in [1.54, 1.807) is 17.8 Å². The van der Waals surface area contributed by atoms with Crippen LogP contribution in [0.15, 0.2) is 60.2 Å². The van der Waals surface area contributed by atoms with Crippen molar-refractivity contribution in [3.05, 3.63) is 71.5 Å². The number of carbonyl (C=O) groups is 1.